The smallest absolute Gasteiger partial charge is 0.0727 e. The Morgan fingerprint density at radius 2 is 2.00 bits per heavy atom. The third-order valence-electron chi connectivity index (χ3n) is 3.81. The lowest BCUT2D eigenvalue weighted by molar-refractivity contribution is 0.114. The molecule has 0 aliphatic carbocycles. The van der Waals surface area contributed by atoms with Gasteiger partial charge in [0.25, 0.3) is 0 Å². The Balaban J connectivity index is 2.17. The summed E-state index contributed by atoms with van der Waals surface area (Å²) >= 11 is 4.88. The number of rotatable bonds is 5. The number of likely N-dealkylation sites (tertiary alicyclic amines) is 1. The van der Waals surface area contributed by atoms with E-state index in [2.05, 4.69) is 18.7 Å². The average Bonchev–Trinajstić information content (AvgIpc) is 2.21. The Bertz CT molecular complexity index is 208. The van der Waals surface area contributed by atoms with Gasteiger partial charge in [0.05, 0.1) is 4.99 Å². The summed E-state index contributed by atoms with van der Waals surface area (Å²) in [6.45, 7) is 8.39. The summed E-state index contributed by atoms with van der Waals surface area (Å²) in [6.07, 6.45) is 6.02. The first-order valence-electron chi connectivity index (χ1n) is 6.06. The number of nitrogens with zero attached hydrogens (tertiary/aromatic N) is 1. The van der Waals surface area contributed by atoms with E-state index in [0.717, 1.165) is 19.4 Å². The fourth-order valence-electron chi connectivity index (χ4n) is 2.15. The van der Waals surface area contributed by atoms with Crippen molar-refractivity contribution in [3.8, 4) is 0 Å². The molecule has 0 saturated carbocycles. The molecule has 0 radical (unpaired) electrons. The third kappa shape index (κ3) is 4.47. The van der Waals surface area contributed by atoms with Crippen LogP contribution in [0, 0.1) is 5.41 Å². The number of piperidine rings is 1. The van der Waals surface area contributed by atoms with Gasteiger partial charge in [-0.15, -0.1) is 0 Å². The first kappa shape index (κ1) is 12.9. The van der Waals surface area contributed by atoms with Gasteiger partial charge in [0.1, 0.15) is 0 Å². The highest BCUT2D eigenvalue weighted by atomic mass is 32.1. The molecule has 1 saturated heterocycles. The molecule has 0 unspecified atom stereocenters. The first-order valence-corrected chi connectivity index (χ1v) is 6.47. The molecule has 0 atom stereocenters. The molecule has 1 aliphatic rings. The van der Waals surface area contributed by atoms with Crippen LogP contribution in [0.4, 0.5) is 0 Å². The lowest BCUT2D eigenvalue weighted by Crippen LogP contribution is -2.39. The normalized spacial score (nSPS) is 21.5. The maximum Gasteiger partial charge on any atom is 0.0727 e. The number of hydrogen-bond acceptors (Lipinski definition) is 2. The standard InChI is InChI=1S/C12H24N2S/c1-3-12(2)6-9-14(10-7-12)8-4-5-11(13)15/h3-10H2,1-2H3,(H2,13,15). The molecule has 0 aromatic carbocycles. The Morgan fingerprint density at radius 1 is 1.40 bits per heavy atom. The van der Waals surface area contributed by atoms with Gasteiger partial charge in [-0.05, 0) is 50.7 Å². The third-order valence-corrected chi connectivity index (χ3v) is 4.02. The Morgan fingerprint density at radius 3 is 2.47 bits per heavy atom. The summed E-state index contributed by atoms with van der Waals surface area (Å²) in [4.78, 5) is 3.21. The molecule has 0 aromatic rings. The zero-order valence-electron chi connectivity index (χ0n) is 10.1. The van der Waals surface area contributed by atoms with Crippen molar-refractivity contribution >= 4 is 17.2 Å². The summed E-state index contributed by atoms with van der Waals surface area (Å²) in [7, 11) is 0. The highest BCUT2D eigenvalue weighted by Crippen LogP contribution is 2.33. The lowest BCUT2D eigenvalue weighted by atomic mass is 9.78. The molecular weight excluding hydrogens is 204 g/mol. The van der Waals surface area contributed by atoms with E-state index in [1.807, 2.05) is 0 Å². The number of nitrogens with two attached hydrogens (primary N) is 1. The molecule has 1 fully saturated rings. The Labute approximate surface area is 99.2 Å². The van der Waals surface area contributed by atoms with Crippen LogP contribution in [0.2, 0.25) is 0 Å². The molecule has 15 heavy (non-hydrogen) atoms. The predicted octanol–water partition coefficient (Wildman–Crippen LogP) is 2.56. The van der Waals surface area contributed by atoms with E-state index < -0.39 is 0 Å². The minimum atomic E-state index is 0.597. The largest absolute Gasteiger partial charge is 0.393 e. The molecule has 0 bridgehead atoms. The van der Waals surface area contributed by atoms with Crippen LogP contribution in [-0.2, 0) is 0 Å². The topological polar surface area (TPSA) is 29.3 Å². The zero-order chi connectivity index (χ0) is 11.3. The molecule has 0 amide bonds. The van der Waals surface area contributed by atoms with Crippen molar-refractivity contribution in [1.29, 1.82) is 0 Å². The van der Waals surface area contributed by atoms with Gasteiger partial charge >= 0.3 is 0 Å². The summed E-state index contributed by atoms with van der Waals surface area (Å²) < 4.78 is 0. The summed E-state index contributed by atoms with van der Waals surface area (Å²) in [5.41, 5.74) is 6.08. The van der Waals surface area contributed by atoms with E-state index in [-0.39, 0.29) is 0 Å². The summed E-state index contributed by atoms with van der Waals surface area (Å²) in [6, 6.07) is 0. The van der Waals surface area contributed by atoms with Crippen LogP contribution in [0.15, 0.2) is 0 Å². The maximum atomic E-state index is 5.49. The van der Waals surface area contributed by atoms with E-state index in [0.29, 0.717) is 10.4 Å². The van der Waals surface area contributed by atoms with Crippen molar-refractivity contribution in [3.05, 3.63) is 0 Å². The van der Waals surface area contributed by atoms with E-state index in [4.69, 9.17) is 18.0 Å². The predicted molar refractivity (Wildman–Crippen MR) is 70.1 cm³/mol. The second-order valence-corrected chi connectivity index (χ2v) is 5.60. The van der Waals surface area contributed by atoms with Gasteiger partial charge in [0.15, 0.2) is 0 Å². The molecule has 88 valence electrons. The Kier molecular flexibility index (Phi) is 5.00. The van der Waals surface area contributed by atoms with E-state index in [1.165, 1.54) is 32.4 Å². The minimum Gasteiger partial charge on any atom is -0.393 e. The van der Waals surface area contributed by atoms with Crippen molar-refractivity contribution < 1.29 is 0 Å². The number of hydrogen-bond donors (Lipinski definition) is 1. The van der Waals surface area contributed by atoms with Crippen LogP contribution >= 0.6 is 12.2 Å². The van der Waals surface area contributed by atoms with E-state index in [1.54, 1.807) is 0 Å². The average molecular weight is 228 g/mol. The van der Waals surface area contributed by atoms with Gasteiger partial charge < -0.3 is 10.6 Å². The quantitative estimate of drug-likeness (QED) is 0.733. The van der Waals surface area contributed by atoms with Crippen molar-refractivity contribution in [2.75, 3.05) is 19.6 Å². The van der Waals surface area contributed by atoms with Crippen LogP contribution in [0.25, 0.3) is 0 Å². The van der Waals surface area contributed by atoms with Crippen LogP contribution in [-0.4, -0.2) is 29.5 Å². The molecule has 2 nitrogen and oxygen atoms in total. The van der Waals surface area contributed by atoms with Gasteiger partial charge in [-0.25, -0.2) is 0 Å². The van der Waals surface area contributed by atoms with Gasteiger partial charge in [-0.3, -0.25) is 0 Å². The fraction of sp³-hybridized carbons (Fsp3) is 0.917. The van der Waals surface area contributed by atoms with Crippen LogP contribution in [0.1, 0.15) is 46.0 Å². The molecule has 1 rings (SSSR count). The molecule has 2 N–H and O–H groups in total. The second kappa shape index (κ2) is 5.80. The monoisotopic (exact) mass is 228 g/mol. The fourth-order valence-corrected chi connectivity index (χ4v) is 2.29. The molecule has 1 heterocycles. The summed E-state index contributed by atoms with van der Waals surface area (Å²) in [5, 5.41) is 0. The zero-order valence-corrected chi connectivity index (χ0v) is 10.9. The van der Waals surface area contributed by atoms with Gasteiger partial charge in [-0.2, -0.15) is 0 Å². The highest BCUT2D eigenvalue weighted by Gasteiger charge is 2.27. The SMILES string of the molecule is CCC1(C)CCN(CCCC(N)=S)CC1. The minimum absolute atomic E-state index is 0.597. The molecule has 3 heteroatoms. The molecule has 1 aliphatic heterocycles. The maximum absolute atomic E-state index is 5.49. The highest BCUT2D eigenvalue weighted by molar-refractivity contribution is 7.80. The van der Waals surface area contributed by atoms with Crippen LogP contribution < -0.4 is 5.73 Å². The van der Waals surface area contributed by atoms with Crippen molar-refractivity contribution in [2.45, 2.75) is 46.0 Å². The second-order valence-electron chi connectivity index (χ2n) is 5.08. The van der Waals surface area contributed by atoms with Gasteiger partial charge in [0, 0.05) is 0 Å². The molecule has 0 aromatic heterocycles. The Hall–Kier alpha value is -0.150. The van der Waals surface area contributed by atoms with Crippen LogP contribution in [0.5, 0.6) is 0 Å². The first-order chi connectivity index (χ1) is 7.06. The molecular formula is C12H24N2S. The lowest BCUT2D eigenvalue weighted by Gasteiger charge is -2.38. The van der Waals surface area contributed by atoms with Crippen molar-refractivity contribution in [3.63, 3.8) is 0 Å². The summed E-state index contributed by atoms with van der Waals surface area (Å²) in [5.74, 6) is 0. The van der Waals surface area contributed by atoms with Gasteiger partial charge in [-0.1, -0.05) is 32.5 Å². The van der Waals surface area contributed by atoms with Crippen molar-refractivity contribution in [2.24, 2.45) is 11.1 Å². The van der Waals surface area contributed by atoms with Crippen molar-refractivity contribution in [1.82, 2.24) is 4.90 Å². The van der Waals surface area contributed by atoms with E-state index in [9.17, 15) is 0 Å². The van der Waals surface area contributed by atoms with Crippen LogP contribution in [0.3, 0.4) is 0 Å². The van der Waals surface area contributed by atoms with Gasteiger partial charge in [0.2, 0.25) is 0 Å². The number of thiocarbonyl (C=S) groups is 1. The van der Waals surface area contributed by atoms with E-state index >= 15 is 0 Å². The molecule has 0 spiro atoms.